The predicted molar refractivity (Wildman–Crippen MR) is 93.4 cm³/mol. The van der Waals surface area contributed by atoms with Crippen molar-refractivity contribution in [2.24, 2.45) is 0 Å². The monoisotopic (exact) mass is 363 g/mol. The van der Waals surface area contributed by atoms with Gasteiger partial charge in [0.05, 0.1) is 34.7 Å². The number of anilines is 1. The van der Waals surface area contributed by atoms with E-state index in [0.29, 0.717) is 22.3 Å². The van der Waals surface area contributed by atoms with Crippen molar-refractivity contribution >= 4 is 34.8 Å². The molecule has 6 nitrogen and oxygen atoms in total. The van der Waals surface area contributed by atoms with Crippen LogP contribution in [0, 0.1) is 6.92 Å². The normalized spacial score (nSPS) is 10.8. The van der Waals surface area contributed by atoms with Crippen LogP contribution in [0.4, 0.5) is 5.69 Å². The van der Waals surface area contributed by atoms with Crippen LogP contribution in [0.3, 0.4) is 0 Å². The van der Waals surface area contributed by atoms with Crippen molar-refractivity contribution in [3.8, 4) is 0 Å². The van der Waals surface area contributed by atoms with Gasteiger partial charge in [0, 0.05) is 11.9 Å². The van der Waals surface area contributed by atoms with Crippen LogP contribution >= 0.6 is 23.2 Å². The summed E-state index contributed by atoms with van der Waals surface area (Å²) in [6, 6.07) is 7.57. The average molecular weight is 364 g/mol. The van der Waals surface area contributed by atoms with Crippen LogP contribution in [0.25, 0.3) is 0 Å². The molecule has 0 aliphatic heterocycles. The van der Waals surface area contributed by atoms with Crippen LogP contribution in [0.5, 0.6) is 0 Å². The number of halogens is 2. The van der Waals surface area contributed by atoms with Gasteiger partial charge in [-0.15, -0.1) is 0 Å². The summed E-state index contributed by atoms with van der Waals surface area (Å²) in [5.41, 5.74) is 2.48. The van der Waals surface area contributed by atoms with Crippen molar-refractivity contribution < 1.29 is 4.79 Å². The summed E-state index contributed by atoms with van der Waals surface area (Å²) in [5.74, 6) is -0.169. The molecule has 1 N–H and O–H groups in total. The van der Waals surface area contributed by atoms with Gasteiger partial charge < -0.3 is 5.32 Å². The number of benzene rings is 1. The third kappa shape index (κ3) is 3.96. The number of hydrogen-bond acceptors (Lipinski definition) is 3. The maximum atomic E-state index is 12.2. The Morgan fingerprint density at radius 2 is 2.08 bits per heavy atom. The van der Waals surface area contributed by atoms with Crippen LogP contribution in [0.15, 0.2) is 42.9 Å². The van der Waals surface area contributed by atoms with Crippen molar-refractivity contribution in [3.05, 3.63) is 64.2 Å². The van der Waals surface area contributed by atoms with Crippen molar-refractivity contribution in [1.82, 2.24) is 19.6 Å². The Morgan fingerprint density at radius 1 is 1.25 bits per heavy atom. The van der Waals surface area contributed by atoms with Gasteiger partial charge in [0.25, 0.3) is 0 Å². The lowest BCUT2D eigenvalue weighted by atomic mass is 10.2. The largest absolute Gasteiger partial charge is 0.324 e. The van der Waals surface area contributed by atoms with Gasteiger partial charge in [-0.2, -0.15) is 10.2 Å². The molecular formula is C16H15Cl2N5O. The average Bonchev–Trinajstić information content (AvgIpc) is 3.08. The Morgan fingerprint density at radius 3 is 2.75 bits per heavy atom. The summed E-state index contributed by atoms with van der Waals surface area (Å²) < 4.78 is 3.30. The summed E-state index contributed by atoms with van der Waals surface area (Å²) in [5, 5.41) is 12.2. The Balaban J connectivity index is 1.65. The molecule has 0 aliphatic carbocycles. The van der Waals surface area contributed by atoms with Gasteiger partial charge in [-0.25, -0.2) is 0 Å². The van der Waals surface area contributed by atoms with Gasteiger partial charge in [-0.05, 0) is 24.6 Å². The molecule has 1 amide bonds. The third-order valence-corrected chi connectivity index (χ3v) is 4.06. The van der Waals surface area contributed by atoms with E-state index in [9.17, 15) is 4.79 Å². The Labute approximate surface area is 149 Å². The fourth-order valence-corrected chi connectivity index (χ4v) is 2.58. The van der Waals surface area contributed by atoms with E-state index in [2.05, 4.69) is 15.5 Å². The highest BCUT2D eigenvalue weighted by Crippen LogP contribution is 2.15. The molecular weight excluding hydrogens is 349 g/mol. The number of nitrogens with zero attached hydrogens (tertiary/aromatic N) is 4. The SMILES string of the molecule is Cc1c(Cl)cnn1CC(=O)Nc1cccc(Cn2cc(Cl)cn2)c1. The molecule has 0 spiro atoms. The molecule has 3 aromatic rings. The fraction of sp³-hybridized carbons (Fsp3) is 0.188. The zero-order valence-corrected chi connectivity index (χ0v) is 14.4. The van der Waals surface area contributed by atoms with Gasteiger partial charge in [0.15, 0.2) is 0 Å². The molecule has 24 heavy (non-hydrogen) atoms. The van der Waals surface area contributed by atoms with E-state index in [1.807, 2.05) is 31.2 Å². The number of rotatable bonds is 5. The molecule has 0 atom stereocenters. The summed E-state index contributed by atoms with van der Waals surface area (Å²) in [6.45, 7) is 2.50. The molecule has 3 rings (SSSR count). The second-order valence-electron chi connectivity index (χ2n) is 5.34. The molecule has 1 aromatic carbocycles. The molecule has 0 saturated heterocycles. The lowest BCUT2D eigenvalue weighted by Crippen LogP contribution is -2.20. The first kappa shape index (κ1) is 16.5. The van der Waals surface area contributed by atoms with Crippen LogP contribution < -0.4 is 5.32 Å². The number of hydrogen-bond donors (Lipinski definition) is 1. The quantitative estimate of drug-likeness (QED) is 0.755. The van der Waals surface area contributed by atoms with Crippen LogP contribution in [-0.4, -0.2) is 25.5 Å². The molecule has 0 fully saturated rings. The Kier molecular flexibility index (Phi) is 4.87. The van der Waals surface area contributed by atoms with Crippen molar-refractivity contribution in [2.45, 2.75) is 20.0 Å². The van der Waals surface area contributed by atoms with Crippen molar-refractivity contribution in [1.29, 1.82) is 0 Å². The number of carbonyl (C=O) groups excluding carboxylic acids is 1. The molecule has 8 heteroatoms. The van der Waals surface area contributed by atoms with Crippen molar-refractivity contribution in [3.63, 3.8) is 0 Å². The molecule has 2 heterocycles. The van der Waals surface area contributed by atoms with E-state index in [-0.39, 0.29) is 12.5 Å². The molecule has 0 unspecified atom stereocenters. The second-order valence-corrected chi connectivity index (χ2v) is 6.18. The standard InChI is InChI=1S/C16H15Cl2N5O/c1-11-15(18)7-20-23(11)10-16(24)21-14-4-2-3-12(5-14)8-22-9-13(17)6-19-22/h2-7,9H,8,10H2,1H3,(H,21,24). The molecule has 0 radical (unpaired) electrons. The molecule has 0 bridgehead atoms. The van der Waals surface area contributed by atoms with E-state index in [4.69, 9.17) is 23.2 Å². The Hall–Kier alpha value is -2.31. The van der Waals surface area contributed by atoms with E-state index < -0.39 is 0 Å². The van der Waals surface area contributed by atoms with E-state index >= 15 is 0 Å². The molecule has 124 valence electrons. The Bertz CT molecular complexity index is 871. The summed E-state index contributed by atoms with van der Waals surface area (Å²) in [7, 11) is 0. The summed E-state index contributed by atoms with van der Waals surface area (Å²) >= 11 is 11.8. The topological polar surface area (TPSA) is 64.7 Å². The van der Waals surface area contributed by atoms with Gasteiger partial charge in [-0.3, -0.25) is 14.2 Å². The molecule has 2 aromatic heterocycles. The lowest BCUT2D eigenvalue weighted by Gasteiger charge is -2.09. The number of carbonyl (C=O) groups is 1. The summed E-state index contributed by atoms with van der Waals surface area (Å²) in [4.78, 5) is 12.2. The van der Waals surface area contributed by atoms with Gasteiger partial charge in [0.1, 0.15) is 6.54 Å². The minimum Gasteiger partial charge on any atom is -0.324 e. The van der Waals surface area contributed by atoms with E-state index in [0.717, 1.165) is 11.3 Å². The first-order valence-corrected chi connectivity index (χ1v) is 8.01. The highest BCUT2D eigenvalue weighted by atomic mass is 35.5. The number of amides is 1. The highest BCUT2D eigenvalue weighted by molar-refractivity contribution is 6.31. The summed E-state index contributed by atoms with van der Waals surface area (Å²) in [6.07, 6.45) is 4.86. The zero-order chi connectivity index (χ0) is 17.1. The van der Waals surface area contributed by atoms with Gasteiger partial charge >= 0.3 is 0 Å². The fourth-order valence-electron chi connectivity index (χ4n) is 2.28. The maximum absolute atomic E-state index is 12.2. The minimum absolute atomic E-state index is 0.109. The molecule has 0 saturated carbocycles. The van der Waals surface area contributed by atoms with E-state index in [1.54, 1.807) is 21.8 Å². The number of aromatic nitrogens is 4. The molecule has 0 aliphatic rings. The third-order valence-electron chi connectivity index (χ3n) is 3.49. The second kappa shape index (κ2) is 7.07. The lowest BCUT2D eigenvalue weighted by molar-refractivity contribution is -0.116. The van der Waals surface area contributed by atoms with Crippen LogP contribution in [0.1, 0.15) is 11.3 Å². The predicted octanol–water partition coefficient (Wildman–Crippen LogP) is 3.38. The van der Waals surface area contributed by atoms with Gasteiger partial charge in [0.2, 0.25) is 5.91 Å². The first-order valence-electron chi connectivity index (χ1n) is 7.26. The number of nitrogens with one attached hydrogen (secondary N) is 1. The highest BCUT2D eigenvalue weighted by Gasteiger charge is 2.09. The van der Waals surface area contributed by atoms with Gasteiger partial charge in [-0.1, -0.05) is 35.3 Å². The van der Waals surface area contributed by atoms with Crippen molar-refractivity contribution in [2.75, 3.05) is 5.32 Å². The van der Waals surface area contributed by atoms with Crippen LogP contribution in [0.2, 0.25) is 10.0 Å². The first-order chi connectivity index (χ1) is 11.5. The van der Waals surface area contributed by atoms with Crippen LogP contribution in [-0.2, 0) is 17.9 Å². The zero-order valence-electron chi connectivity index (χ0n) is 12.9. The smallest absolute Gasteiger partial charge is 0.246 e. The van der Waals surface area contributed by atoms with E-state index in [1.165, 1.54) is 6.20 Å². The minimum atomic E-state index is -0.169. The maximum Gasteiger partial charge on any atom is 0.246 e.